The van der Waals surface area contributed by atoms with Gasteiger partial charge >= 0.3 is 0 Å². The number of aromatic nitrogens is 1. The second kappa shape index (κ2) is 7.42. The Morgan fingerprint density at radius 3 is 2.42 bits per heavy atom. The SMILES string of the molecule is CCn1c(C)c(C(C)=O)sc1=Nc1ccc(CS(=O)(=O)NC)cc1. The Labute approximate surface area is 145 Å². The van der Waals surface area contributed by atoms with E-state index in [2.05, 4.69) is 9.71 Å². The standard InChI is InChI=1S/C16H21N3O3S2/c1-5-19-11(2)15(12(3)20)23-16(19)18-14-8-6-13(7-9-14)10-24(21,22)17-4/h6-9,17H,5,10H2,1-4H3. The molecule has 1 aromatic heterocycles. The van der Waals surface area contributed by atoms with Crippen LogP contribution in [0.15, 0.2) is 29.3 Å². The highest BCUT2D eigenvalue weighted by Crippen LogP contribution is 2.17. The summed E-state index contributed by atoms with van der Waals surface area (Å²) >= 11 is 1.37. The number of carbonyl (C=O) groups is 1. The number of Topliss-reactive ketones (excluding diaryl/α,β-unsaturated/α-hetero) is 1. The average molecular weight is 367 g/mol. The molecule has 8 heteroatoms. The smallest absolute Gasteiger partial charge is 0.215 e. The Morgan fingerprint density at radius 1 is 1.29 bits per heavy atom. The molecule has 0 aliphatic rings. The number of hydrogen-bond acceptors (Lipinski definition) is 5. The summed E-state index contributed by atoms with van der Waals surface area (Å²) in [5.41, 5.74) is 2.34. The summed E-state index contributed by atoms with van der Waals surface area (Å²) in [5, 5.41) is 0. The van der Waals surface area contributed by atoms with Gasteiger partial charge in [-0.25, -0.2) is 18.1 Å². The lowest BCUT2D eigenvalue weighted by Crippen LogP contribution is -2.20. The lowest BCUT2D eigenvalue weighted by Gasteiger charge is -2.03. The molecular weight excluding hydrogens is 346 g/mol. The van der Waals surface area contributed by atoms with Crippen LogP contribution in [0.3, 0.4) is 0 Å². The van der Waals surface area contributed by atoms with Gasteiger partial charge in [0.05, 0.1) is 16.3 Å². The quantitative estimate of drug-likeness (QED) is 0.796. The number of ketones is 1. The van der Waals surface area contributed by atoms with Crippen LogP contribution in [0, 0.1) is 6.92 Å². The van der Waals surface area contributed by atoms with Crippen molar-refractivity contribution in [1.82, 2.24) is 9.29 Å². The van der Waals surface area contributed by atoms with E-state index in [-0.39, 0.29) is 11.5 Å². The molecule has 130 valence electrons. The van der Waals surface area contributed by atoms with Gasteiger partial charge in [-0.2, -0.15) is 0 Å². The number of rotatable bonds is 6. The molecule has 0 bridgehead atoms. The van der Waals surface area contributed by atoms with E-state index in [1.54, 1.807) is 31.2 Å². The third-order valence-electron chi connectivity index (χ3n) is 3.62. The molecule has 1 N–H and O–H groups in total. The van der Waals surface area contributed by atoms with Crippen molar-refractivity contribution >= 4 is 32.8 Å². The summed E-state index contributed by atoms with van der Waals surface area (Å²) in [4.78, 5) is 17.8. The first-order valence-corrected chi connectivity index (χ1v) is 10.00. The first-order valence-electron chi connectivity index (χ1n) is 7.53. The Morgan fingerprint density at radius 2 is 1.92 bits per heavy atom. The first-order chi connectivity index (χ1) is 11.3. The van der Waals surface area contributed by atoms with Crippen LogP contribution >= 0.6 is 11.3 Å². The van der Waals surface area contributed by atoms with E-state index in [0.717, 1.165) is 22.7 Å². The molecule has 1 aromatic carbocycles. The molecule has 0 amide bonds. The summed E-state index contributed by atoms with van der Waals surface area (Å²) in [6.45, 7) is 6.21. The largest absolute Gasteiger partial charge is 0.321 e. The second-order valence-corrected chi connectivity index (χ2v) is 8.25. The Bertz CT molecular complexity index is 907. The minimum Gasteiger partial charge on any atom is -0.321 e. The van der Waals surface area contributed by atoms with Crippen LogP contribution in [0.1, 0.15) is 34.8 Å². The van der Waals surface area contributed by atoms with Crippen molar-refractivity contribution in [2.75, 3.05) is 7.05 Å². The van der Waals surface area contributed by atoms with Gasteiger partial charge in [0, 0.05) is 19.2 Å². The number of nitrogens with one attached hydrogen (secondary N) is 1. The Balaban J connectivity index is 2.39. The van der Waals surface area contributed by atoms with Crippen molar-refractivity contribution in [1.29, 1.82) is 0 Å². The molecule has 2 aromatic rings. The molecule has 0 aliphatic heterocycles. The minimum atomic E-state index is -3.29. The predicted molar refractivity (Wildman–Crippen MR) is 96.1 cm³/mol. The van der Waals surface area contributed by atoms with E-state index in [1.807, 2.05) is 18.4 Å². The van der Waals surface area contributed by atoms with Gasteiger partial charge in [0.25, 0.3) is 0 Å². The molecule has 0 saturated carbocycles. The monoisotopic (exact) mass is 367 g/mol. The van der Waals surface area contributed by atoms with Gasteiger partial charge < -0.3 is 4.57 Å². The van der Waals surface area contributed by atoms with E-state index in [0.29, 0.717) is 10.4 Å². The maximum Gasteiger partial charge on any atom is 0.215 e. The molecule has 0 aliphatic carbocycles. The summed E-state index contributed by atoms with van der Waals surface area (Å²) in [5.74, 6) is -0.0283. The van der Waals surface area contributed by atoms with Gasteiger partial charge in [-0.05, 0) is 38.6 Å². The molecule has 2 rings (SSSR count). The summed E-state index contributed by atoms with van der Waals surface area (Å²) in [7, 11) is -1.89. The normalized spacial score (nSPS) is 12.6. The van der Waals surface area contributed by atoms with Crippen LogP contribution in [0.2, 0.25) is 0 Å². The molecule has 24 heavy (non-hydrogen) atoms. The third kappa shape index (κ3) is 4.19. The summed E-state index contributed by atoms with van der Waals surface area (Å²) in [6, 6.07) is 7.05. The van der Waals surface area contributed by atoms with Crippen LogP contribution < -0.4 is 9.52 Å². The number of nitrogens with zero attached hydrogens (tertiary/aromatic N) is 2. The second-order valence-electron chi connectivity index (χ2n) is 5.34. The average Bonchev–Trinajstić information content (AvgIpc) is 2.85. The Kier molecular flexibility index (Phi) is 5.74. The molecule has 6 nitrogen and oxygen atoms in total. The van der Waals surface area contributed by atoms with Crippen molar-refractivity contribution in [3.05, 3.63) is 45.2 Å². The Hall–Kier alpha value is -1.77. The van der Waals surface area contributed by atoms with Gasteiger partial charge in [0.2, 0.25) is 10.0 Å². The molecular formula is C16H21N3O3S2. The maximum atomic E-state index is 11.7. The zero-order valence-corrected chi connectivity index (χ0v) is 15.8. The van der Waals surface area contributed by atoms with Gasteiger partial charge in [0.15, 0.2) is 10.6 Å². The van der Waals surface area contributed by atoms with Crippen LogP contribution in [-0.2, 0) is 22.3 Å². The van der Waals surface area contributed by atoms with Crippen LogP contribution in [0.5, 0.6) is 0 Å². The highest BCUT2D eigenvalue weighted by molar-refractivity contribution is 7.88. The fourth-order valence-corrected chi connectivity index (χ4v) is 4.22. The van der Waals surface area contributed by atoms with E-state index >= 15 is 0 Å². The highest BCUT2D eigenvalue weighted by atomic mass is 32.2. The van der Waals surface area contributed by atoms with E-state index in [1.165, 1.54) is 18.4 Å². The minimum absolute atomic E-state index is 0.0359. The predicted octanol–water partition coefficient (Wildman–Crippen LogP) is 2.36. The fraction of sp³-hybridized carbons (Fsp3) is 0.375. The zero-order chi connectivity index (χ0) is 17.9. The molecule has 0 fully saturated rings. The molecule has 0 radical (unpaired) electrons. The zero-order valence-electron chi connectivity index (χ0n) is 14.2. The first kappa shape index (κ1) is 18.6. The topological polar surface area (TPSA) is 80.5 Å². The van der Waals surface area contributed by atoms with Crippen molar-refractivity contribution in [3.63, 3.8) is 0 Å². The van der Waals surface area contributed by atoms with Crippen molar-refractivity contribution in [2.24, 2.45) is 4.99 Å². The van der Waals surface area contributed by atoms with Crippen LogP contribution in [0.25, 0.3) is 0 Å². The number of carbonyl (C=O) groups excluding carboxylic acids is 1. The molecule has 0 atom stereocenters. The van der Waals surface area contributed by atoms with Gasteiger partial charge in [0.1, 0.15) is 0 Å². The lowest BCUT2D eigenvalue weighted by molar-refractivity contribution is 0.102. The van der Waals surface area contributed by atoms with Crippen LogP contribution in [0.4, 0.5) is 5.69 Å². The number of benzene rings is 1. The van der Waals surface area contributed by atoms with Gasteiger partial charge in [-0.15, -0.1) is 0 Å². The van der Waals surface area contributed by atoms with E-state index < -0.39 is 10.0 Å². The van der Waals surface area contributed by atoms with Crippen molar-refractivity contribution < 1.29 is 13.2 Å². The lowest BCUT2D eigenvalue weighted by atomic mass is 10.2. The molecule has 1 heterocycles. The summed E-state index contributed by atoms with van der Waals surface area (Å²) < 4.78 is 27.4. The van der Waals surface area contributed by atoms with Crippen LogP contribution in [-0.4, -0.2) is 25.8 Å². The van der Waals surface area contributed by atoms with Gasteiger partial charge in [-0.3, -0.25) is 4.79 Å². The molecule has 0 spiro atoms. The van der Waals surface area contributed by atoms with Gasteiger partial charge in [-0.1, -0.05) is 23.5 Å². The summed E-state index contributed by atoms with van der Waals surface area (Å²) in [6.07, 6.45) is 0. The number of thiazole rings is 1. The maximum absolute atomic E-state index is 11.7. The molecule has 0 unspecified atom stereocenters. The van der Waals surface area contributed by atoms with Crippen molar-refractivity contribution in [2.45, 2.75) is 33.1 Å². The highest BCUT2D eigenvalue weighted by Gasteiger charge is 2.12. The number of hydrogen-bond donors (Lipinski definition) is 1. The van der Waals surface area contributed by atoms with E-state index in [9.17, 15) is 13.2 Å². The molecule has 0 saturated heterocycles. The van der Waals surface area contributed by atoms with E-state index in [4.69, 9.17) is 0 Å². The third-order valence-corrected chi connectivity index (χ3v) is 6.24. The number of sulfonamides is 1. The van der Waals surface area contributed by atoms with Crippen molar-refractivity contribution in [3.8, 4) is 0 Å². The fourth-order valence-electron chi connectivity index (χ4n) is 2.34.